The zero-order valence-corrected chi connectivity index (χ0v) is 6.45. The van der Waals surface area contributed by atoms with Crippen molar-refractivity contribution in [3.05, 3.63) is 11.6 Å². The number of nitrogens with zero attached hydrogens (tertiary/aromatic N) is 1. The van der Waals surface area contributed by atoms with Crippen LogP contribution in [0.25, 0.3) is 0 Å². The SMILES string of the molecule is CC/C=C1\C=NC(C(=O)O)C1. The smallest absolute Gasteiger partial charge is 0.328 e. The molecule has 0 radical (unpaired) electrons. The molecule has 0 fully saturated rings. The van der Waals surface area contributed by atoms with Gasteiger partial charge in [-0.1, -0.05) is 13.0 Å². The van der Waals surface area contributed by atoms with Gasteiger partial charge in [-0.25, -0.2) is 4.79 Å². The fraction of sp³-hybridized carbons (Fsp3) is 0.500. The maximum absolute atomic E-state index is 10.4. The van der Waals surface area contributed by atoms with Crippen molar-refractivity contribution in [2.45, 2.75) is 25.8 Å². The second kappa shape index (κ2) is 3.32. The van der Waals surface area contributed by atoms with Gasteiger partial charge in [-0.3, -0.25) is 4.99 Å². The molecule has 0 aromatic rings. The molecular formula is C8H11NO2. The van der Waals surface area contributed by atoms with E-state index >= 15 is 0 Å². The molecule has 1 rings (SSSR count). The molecule has 0 aliphatic carbocycles. The van der Waals surface area contributed by atoms with E-state index in [0.717, 1.165) is 12.0 Å². The Morgan fingerprint density at radius 2 is 2.73 bits per heavy atom. The molecule has 0 saturated heterocycles. The summed E-state index contributed by atoms with van der Waals surface area (Å²) in [7, 11) is 0. The zero-order valence-electron chi connectivity index (χ0n) is 6.45. The molecule has 1 N–H and O–H groups in total. The van der Waals surface area contributed by atoms with Crippen LogP contribution in [0, 0.1) is 0 Å². The van der Waals surface area contributed by atoms with Gasteiger partial charge in [0, 0.05) is 12.6 Å². The Morgan fingerprint density at radius 3 is 3.18 bits per heavy atom. The van der Waals surface area contributed by atoms with Crippen LogP contribution in [0.15, 0.2) is 16.6 Å². The first-order valence-corrected chi connectivity index (χ1v) is 3.69. The predicted molar refractivity (Wildman–Crippen MR) is 42.9 cm³/mol. The van der Waals surface area contributed by atoms with Gasteiger partial charge in [0.2, 0.25) is 0 Å². The fourth-order valence-electron chi connectivity index (χ4n) is 1.06. The molecule has 1 aliphatic rings. The monoisotopic (exact) mass is 153 g/mol. The third kappa shape index (κ3) is 1.90. The number of allylic oxidation sites excluding steroid dienone is 1. The number of carboxylic acid groups (broad SMARTS) is 1. The van der Waals surface area contributed by atoms with Gasteiger partial charge in [0.15, 0.2) is 6.04 Å². The quantitative estimate of drug-likeness (QED) is 0.649. The van der Waals surface area contributed by atoms with Crippen molar-refractivity contribution in [1.82, 2.24) is 0 Å². The van der Waals surface area contributed by atoms with Crippen LogP contribution in [0.5, 0.6) is 0 Å². The number of aliphatic carboxylic acids is 1. The first-order valence-electron chi connectivity index (χ1n) is 3.69. The summed E-state index contributed by atoms with van der Waals surface area (Å²) in [5.74, 6) is -0.833. The van der Waals surface area contributed by atoms with E-state index in [4.69, 9.17) is 5.11 Å². The van der Waals surface area contributed by atoms with Crippen molar-refractivity contribution in [3.8, 4) is 0 Å². The maximum atomic E-state index is 10.4. The van der Waals surface area contributed by atoms with Gasteiger partial charge in [0.25, 0.3) is 0 Å². The van der Waals surface area contributed by atoms with Crippen molar-refractivity contribution >= 4 is 12.2 Å². The highest BCUT2D eigenvalue weighted by molar-refractivity contribution is 5.88. The Morgan fingerprint density at radius 1 is 2.00 bits per heavy atom. The third-order valence-corrected chi connectivity index (χ3v) is 1.60. The molecule has 0 bridgehead atoms. The fourth-order valence-corrected chi connectivity index (χ4v) is 1.06. The van der Waals surface area contributed by atoms with E-state index in [-0.39, 0.29) is 0 Å². The minimum Gasteiger partial charge on any atom is -0.480 e. The van der Waals surface area contributed by atoms with Crippen LogP contribution in [-0.2, 0) is 4.79 Å². The number of rotatable bonds is 2. The Bertz CT molecular complexity index is 218. The summed E-state index contributed by atoms with van der Waals surface area (Å²) in [5.41, 5.74) is 1.04. The Labute approximate surface area is 65.4 Å². The van der Waals surface area contributed by atoms with Gasteiger partial charge >= 0.3 is 5.97 Å². The third-order valence-electron chi connectivity index (χ3n) is 1.60. The summed E-state index contributed by atoms with van der Waals surface area (Å²) in [6.07, 6.45) is 5.16. The summed E-state index contributed by atoms with van der Waals surface area (Å²) >= 11 is 0. The highest BCUT2D eigenvalue weighted by Crippen LogP contribution is 2.14. The Balaban J connectivity index is 2.56. The number of aliphatic imine (C=N–C) groups is 1. The lowest BCUT2D eigenvalue weighted by Gasteiger charge is -1.97. The molecule has 3 heteroatoms. The first-order chi connectivity index (χ1) is 5.24. The molecule has 0 aromatic carbocycles. The molecule has 1 atom stereocenters. The van der Waals surface area contributed by atoms with Crippen molar-refractivity contribution < 1.29 is 9.90 Å². The Hall–Kier alpha value is -1.12. The molecule has 0 spiro atoms. The average molecular weight is 153 g/mol. The minimum atomic E-state index is -0.833. The lowest BCUT2D eigenvalue weighted by molar-refractivity contribution is -0.138. The molecule has 0 saturated carbocycles. The van der Waals surface area contributed by atoms with Crippen LogP contribution in [-0.4, -0.2) is 23.3 Å². The van der Waals surface area contributed by atoms with Crippen LogP contribution in [0.2, 0.25) is 0 Å². The standard InChI is InChI=1S/C8H11NO2/c1-2-3-6-4-7(8(10)11)9-5-6/h3,5,7H,2,4H2,1H3,(H,10,11)/b6-3-. The second-order valence-corrected chi connectivity index (χ2v) is 2.52. The first kappa shape index (κ1) is 7.98. The number of hydrogen-bond donors (Lipinski definition) is 1. The highest BCUT2D eigenvalue weighted by Gasteiger charge is 2.20. The molecule has 1 unspecified atom stereocenters. The molecular weight excluding hydrogens is 142 g/mol. The molecule has 11 heavy (non-hydrogen) atoms. The Kier molecular flexibility index (Phi) is 2.41. The average Bonchev–Trinajstić information content (AvgIpc) is 2.37. The molecule has 1 aliphatic heterocycles. The van der Waals surface area contributed by atoms with Gasteiger partial charge < -0.3 is 5.11 Å². The van der Waals surface area contributed by atoms with E-state index in [1.165, 1.54) is 0 Å². The predicted octanol–water partition coefficient (Wildman–Crippen LogP) is 1.25. The van der Waals surface area contributed by atoms with E-state index in [9.17, 15) is 4.79 Å². The summed E-state index contributed by atoms with van der Waals surface area (Å²) in [6, 6.07) is -0.534. The van der Waals surface area contributed by atoms with Gasteiger partial charge in [-0.2, -0.15) is 0 Å². The van der Waals surface area contributed by atoms with E-state index in [2.05, 4.69) is 4.99 Å². The second-order valence-electron chi connectivity index (χ2n) is 2.52. The van der Waals surface area contributed by atoms with Gasteiger partial charge in [-0.05, 0) is 12.0 Å². The summed E-state index contributed by atoms with van der Waals surface area (Å²) < 4.78 is 0. The van der Waals surface area contributed by atoms with E-state index in [1.807, 2.05) is 13.0 Å². The maximum Gasteiger partial charge on any atom is 0.328 e. The number of carboxylic acids is 1. The normalized spacial score (nSPS) is 26.3. The molecule has 1 heterocycles. The van der Waals surface area contributed by atoms with Crippen LogP contribution in [0.4, 0.5) is 0 Å². The van der Waals surface area contributed by atoms with Crippen molar-refractivity contribution in [2.75, 3.05) is 0 Å². The van der Waals surface area contributed by atoms with E-state index < -0.39 is 12.0 Å². The van der Waals surface area contributed by atoms with E-state index in [1.54, 1.807) is 6.21 Å². The van der Waals surface area contributed by atoms with Crippen molar-refractivity contribution in [1.29, 1.82) is 0 Å². The topological polar surface area (TPSA) is 49.7 Å². The highest BCUT2D eigenvalue weighted by atomic mass is 16.4. The summed E-state index contributed by atoms with van der Waals surface area (Å²) in [5, 5.41) is 8.56. The van der Waals surface area contributed by atoms with E-state index in [0.29, 0.717) is 6.42 Å². The zero-order chi connectivity index (χ0) is 8.27. The lowest BCUT2D eigenvalue weighted by Crippen LogP contribution is -2.14. The minimum absolute atomic E-state index is 0.534. The van der Waals surface area contributed by atoms with Gasteiger partial charge in [0.1, 0.15) is 0 Å². The van der Waals surface area contributed by atoms with Gasteiger partial charge in [0.05, 0.1) is 0 Å². The summed E-state index contributed by atoms with van der Waals surface area (Å²) in [4.78, 5) is 14.3. The van der Waals surface area contributed by atoms with Crippen LogP contribution in [0.3, 0.4) is 0 Å². The lowest BCUT2D eigenvalue weighted by atomic mass is 10.1. The number of hydrogen-bond acceptors (Lipinski definition) is 2. The largest absolute Gasteiger partial charge is 0.480 e. The van der Waals surface area contributed by atoms with Crippen LogP contribution < -0.4 is 0 Å². The van der Waals surface area contributed by atoms with Gasteiger partial charge in [-0.15, -0.1) is 0 Å². The van der Waals surface area contributed by atoms with Crippen LogP contribution >= 0.6 is 0 Å². The molecule has 0 amide bonds. The molecule has 0 aromatic heterocycles. The molecule has 60 valence electrons. The molecule has 3 nitrogen and oxygen atoms in total. The van der Waals surface area contributed by atoms with Crippen molar-refractivity contribution in [3.63, 3.8) is 0 Å². The summed E-state index contributed by atoms with van der Waals surface area (Å²) in [6.45, 7) is 2.02. The van der Waals surface area contributed by atoms with Crippen LogP contribution in [0.1, 0.15) is 19.8 Å². The number of carbonyl (C=O) groups is 1. The van der Waals surface area contributed by atoms with Crippen molar-refractivity contribution in [2.24, 2.45) is 4.99 Å².